The number of rotatable bonds is 11. The van der Waals surface area contributed by atoms with E-state index in [9.17, 15) is 4.79 Å². The van der Waals surface area contributed by atoms with Crippen molar-refractivity contribution in [3.8, 4) is 11.4 Å². The van der Waals surface area contributed by atoms with Crippen LogP contribution < -0.4 is 20.2 Å². The second-order valence-electron chi connectivity index (χ2n) is 11.8. The third-order valence-corrected chi connectivity index (χ3v) is 9.16. The average Bonchev–Trinajstić information content (AvgIpc) is 3.86. The smallest absolute Gasteiger partial charge is 0.350 e. The van der Waals surface area contributed by atoms with Crippen molar-refractivity contribution in [3.63, 3.8) is 0 Å². The van der Waals surface area contributed by atoms with Gasteiger partial charge in [-0.25, -0.2) is 23.7 Å². The molecule has 0 radical (unpaired) electrons. The minimum Gasteiger partial charge on any atom is -0.491 e. The SMILES string of the molecule is CCCn1ncn(-c2ccc(N3CCN(c4ccc(OC[C@H]5CO[C@](Cn6cncn6)(c6ccc(Cl)cc6Cl)O5)cc4)CC3)cc2)c1=O. The minimum atomic E-state index is -1.16. The van der Waals surface area contributed by atoms with Crippen molar-refractivity contribution in [1.82, 2.24) is 29.1 Å². The Kier molecular flexibility index (Phi) is 9.40. The molecule has 0 saturated carbocycles. The number of benzene rings is 3. The summed E-state index contributed by atoms with van der Waals surface area (Å²) in [4.78, 5) is 21.4. The van der Waals surface area contributed by atoms with Gasteiger partial charge in [-0.1, -0.05) is 36.2 Å². The summed E-state index contributed by atoms with van der Waals surface area (Å²) in [5, 5.41) is 9.42. The maximum Gasteiger partial charge on any atom is 0.350 e. The van der Waals surface area contributed by atoms with Crippen molar-refractivity contribution in [3.05, 3.63) is 112 Å². The number of hydrogen-bond acceptors (Lipinski definition) is 9. The molecule has 3 aromatic carbocycles. The van der Waals surface area contributed by atoms with Crippen LogP contribution in [0.1, 0.15) is 18.9 Å². The highest BCUT2D eigenvalue weighted by atomic mass is 35.5. The maximum atomic E-state index is 12.6. The molecule has 14 heteroatoms. The minimum absolute atomic E-state index is 0.114. The number of aryl methyl sites for hydroxylation is 1. The highest BCUT2D eigenvalue weighted by Crippen LogP contribution is 2.40. The molecule has 4 heterocycles. The summed E-state index contributed by atoms with van der Waals surface area (Å²) in [5.41, 5.74) is 3.65. The Balaban J connectivity index is 0.925. The number of nitrogens with zero attached hydrogens (tertiary/aromatic N) is 8. The fourth-order valence-corrected chi connectivity index (χ4v) is 6.70. The standard InChI is InChI=1S/C34H36Cl2N8O4/c1-2-13-44-33(45)43(24-39-44)28-6-4-26(5-7-28)40-14-16-41(17-15-40)27-8-10-29(11-9-27)46-19-30-20-47-34(48-30,21-42-23-37-22-38-42)31-12-3-25(35)18-32(31)36/h3-12,18,22-24,30H,2,13-17,19-21H2,1H3/t30-,34-/m0/s1. The van der Waals surface area contributed by atoms with E-state index >= 15 is 0 Å². The predicted molar refractivity (Wildman–Crippen MR) is 183 cm³/mol. The molecule has 48 heavy (non-hydrogen) atoms. The number of anilines is 2. The molecular weight excluding hydrogens is 655 g/mol. The van der Waals surface area contributed by atoms with E-state index in [0.29, 0.717) is 35.4 Å². The summed E-state index contributed by atoms with van der Waals surface area (Å²) in [6, 6.07) is 21.5. The molecule has 2 aliphatic heterocycles. The van der Waals surface area contributed by atoms with Gasteiger partial charge >= 0.3 is 5.69 Å². The molecular formula is C34H36Cl2N8O4. The average molecular weight is 692 g/mol. The molecule has 0 aliphatic carbocycles. The largest absolute Gasteiger partial charge is 0.491 e. The maximum absolute atomic E-state index is 12.6. The lowest BCUT2D eigenvalue weighted by Crippen LogP contribution is -2.46. The van der Waals surface area contributed by atoms with Crippen molar-refractivity contribution in [2.45, 2.75) is 38.3 Å². The normalized spacial score (nSPS) is 19.6. The molecule has 2 aromatic heterocycles. The van der Waals surface area contributed by atoms with Gasteiger partial charge in [-0.15, -0.1) is 0 Å². The lowest BCUT2D eigenvalue weighted by atomic mass is 10.1. The van der Waals surface area contributed by atoms with Crippen LogP contribution in [0, 0.1) is 0 Å². The number of halogens is 2. The van der Waals surface area contributed by atoms with Crippen LogP contribution in [0.15, 0.2) is 90.5 Å². The molecule has 0 spiro atoms. The molecule has 0 N–H and O–H groups in total. The second-order valence-corrected chi connectivity index (χ2v) is 12.7. The van der Waals surface area contributed by atoms with Crippen molar-refractivity contribution in [2.75, 3.05) is 49.2 Å². The summed E-state index contributed by atoms with van der Waals surface area (Å²) < 4.78 is 23.6. The lowest BCUT2D eigenvalue weighted by Gasteiger charge is -2.37. The van der Waals surface area contributed by atoms with Crippen LogP contribution in [0.3, 0.4) is 0 Å². The van der Waals surface area contributed by atoms with Crippen LogP contribution in [0.4, 0.5) is 11.4 Å². The van der Waals surface area contributed by atoms with E-state index < -0.39 is 5.79 Å². The molecule has 0 bridgehead atoms. The van der Waals surface area contributed by atoms with Crippen LogP contribution in [0.25, 0.3) is 5.69 Å². The fourth-order valence-electron chi connectivity index (χ4n) is 6.15. The first-order chi connectivity index (χ1) is 23.4. The Morgan fingerprint density at radius 1 is 0.896 bits per heavy atom. The Hall–Kier alpha value is -4.36. The van der Waals surface area contributed by atoms with E-state index in [1.165, 1.54) is 11.0 Å². The summed E-state index contributed by atoms with van der Waals surface area (Å²) in [7, 11) is 0. The van der Waals surface area contributed by atoms with Crippen LogP contribution >= 0.6 is 23.2 Å². The fraction of sp³-hybridized carbons (Fsp3) is 0.353. The first-order valence-electron chi connectivity index (χ1n) is 16.0. The Morgan fingerprint density at radius 2 is 1.58 bits per heavy atom. The first kappa shape index (κ1) is 32.2. The van der Waals surface area contributed by atoms with Gasteiger partial charge in [0, 0.05) is 54.7 Å². The van der Waals surface area contributed by atoms with Crippen LogP contribution in [-0.2, 0) is 28.4 Å². The van der Waals surface area contributed by atoms with Crippen LogP contribution in [-0.4, -0.2) is 74.6 Å². The van der Waals surface area contributed by atoms with Gasteiger partial charge in [-0.2, -0.15) is 10.2 Å². The van der Waals surface area contributed by atoms with Gasteiger partial charge in [0.2, 0.25) is 5.79 Å². The third-order valence-electron chi connectivity index (χ3n) is 8.62. The highest BCUT2D eigenvalue weighted by molar-refractivity contribution is 6.35. The molecule has 0 unspecified atom stereocenters. The summed E-state index contributed by atoms with van der Waals surface area (Å²) >= 11 is 12.7. The number of aromatic nitrogens is 6. The van der Waals surface area contributed by atoms with E-state index in [2.05, 4.69) is 49.2 Å². The van der Waals surface area contributed by atoms with Gasteiger partial charge in [-0.3, -0.25) is 0 Å². The first-order valence-corrected chi connectivity index (χ1v) is 16.7. The van der Waals surface area contributed by atoms with E-state index in [1.807, 2.05) is 37.3 Å². The molecule has 0 amide bonds. The number of hydrogen-bond donors (Lipinski definition) is 0. The monoisotopic (exact) mass is 690 g/mol. The van der Waals surface area contributed by atoms with Gasteiger partial charge in [0.15, 0.2) is 0 Å². The summed E-state index contributed by atoms with van der Waals surface area (Å²) in [6.45, 7) is 7.09. The highest BCUT2D eigenvalue weighted by Gasteiger charge is 2.45. The van der Waals surface area contributed by atoms with Gasteiger partial charge in [0.25, 0.3) is 0 Å². The lowest BCUT2D eigenvalue weighted by molar-refractivity contribution is -0.190. The predicted octanol–water partition coefficient (Wildman–Crippen LogP) is 5.02. The van der Waals surface area contributed by atoms with Gasteiger partial charge < -0.3 is 24.0 Å². The second kappa shape index (κ2) is 14.0. The Bertz CT molecular complexity index is 1870. The Labute approximate surface area is 288 Å². The van der Waals surface area contributed by atoms with Crippen molar-refractivity contribution in [2.24, 2.45) is 0 Å². The zero-order valence-electron chi connectivity index (χ0n) is 26.5. The zero-order valence-corrected chi connectivity index (χ0v) is 28.0. The summed E-state index contributed by atoms with van der Waals surface area (Å²) in [6.07, 6.45) is 5.19. The molecule has 12 nitrogen and oxygen atoms in total. The van der Waals surface area contributed by atoms with Crippen molar-refractivity contribution < 1.29 is 14.2 Å². The van der Waals surface area contributed by atoms with Crippen molar-refractivity contribution >= 4 is 34.6 Å². The van der Waals surface area contributed by atoms with E-state index in [4.69, 9.17) is 37.4 Å². The molecule has 7 rings (SSSR count). The van der Waals surface area contributed by atoms with Gasteiger partial charge in [-0.05, 0) is 67.1 Å². The molecule has 2 saturated heterocycles. The van der Waals surface area contributed by atoms with Crippen molar-refractivity contribution in [1.29, 1.82) is 0 Å². The van der Waals surface area contributed by atoms with Gasteiger partial charge in [0.1, 0.15) is 44.0 Å². The summed E-state index contributed by atoms with van der Waals surface area (Å²) in [5.74, 6) is -0.409. The molecule has 250 valence electrons. The van der Waals surface area contributed by atoms with E-state index in [0.717, 1.165) is 55.4 Å². The van der Waals surface area contributed by atoms with E-state index in [1.54, 1.807) is 34.0 Å². The third kappa shape index (κ3) is 6.79. The number of ether oxygens (including phenoxy) is 3. The molecule has 2 fully saturated rings. The quantitative estimate of drug-likeness (QED) is 0.189. The topological polar surface area (TPSA) is 105 Å². The van der Waals surface area contributed by atoms with Crippen LogP contribution in [0.2, 0.25) is 10.0 Å². The van der Waals surface area contributed by atoms with Gasteiger partial charge in [0.05, 0.1) is 17.3 Å². The molecule has 2 atom stereocenters. The van der Waals surface area contributed by atoms with E-state index in [-0.39, 0.29) is 18.3 Å². The molecule has 5 aromatic rings. The molecule has 2 aliphatic rings. The zero-order chi connectivity index (χ0) is 33.1. The number of piperazine rings is 1. The van der Waals surface area contributed by atoms with Crippen LogP contribution in [0.5, 0.6) is 5.75 Å². The Morgan fingerprint density at radius 3 is 2.23 bits per heavy atom.